The van der Waals surface area contributed by atoms with Crippen LogP contribution < -0.4 is 0 Å². The van der Waals surface area contributed by atoms with Crippen LogP contribution in [0.5, 0.6) is 0 Å². The molecule has 0 saturated carbocycles. The summed E-state index contributed by atoms with van der Waals surface area (Å²) >= 11 is 3.95. The Kier molecular flexibility index (Phi) is 6.37. The molecule has 0 saturated heterocycles. The van der Waals surface area contributed by atoms with Crippen LogP contribution in [0.25, 0.3) is 73.4 Å². The number of hydrogen-bond acceptors (Lipinski definition) is 2. The molecule has 4 aromatic heterocycles. The molecule has 0 aliphatic rings. The van der Waals surface area contributed by atoms with Crippen LogP contribution in [0, 0.1) is 0 Å². The highest BCUT2D eigenvalue weighted by Gasteiger charge is 2.28. The van der Waals surface area contributed by atoms with Crippen LogP contribution in [0.3, 0.4) is 0 Å². The van der Waals surface area contributed by atoms with Crippen molar-refractivity contribution < 1.29 is 0 Å². The van der Waals surface area contributed by atoms with Gasteiger partial charge in [-0.05, 0) is 80.3 Å². The first-order valence-corrected chi connectivity index (χ1v) is 19.7. The van der Waals surface area contributed by atoms with E-state index in [1.54, 1.807) is 0 Å². The SMILES string of the molecule is CC(C)(C)c1ccc2sc3c4c5ccc(C(C)(C)C)cc5n5c6cc(C(C)(C)C)ccc6sc(c6c7ccc(C(C)(C)C)cc7n(c2c1)c36)c45. The molecule has 9 aromatic rings. The van der Waals surface area contributed by atoms with Crippen molar-refractivity contribution in [2.75, 3.05) is 0 Å². The van der Waals surface area contributed by atoms with Crippen molar-refractivity contribution in [1.82, 2.24) is 8.80 Å². The first-order chi connectivity index (χ1) is 23.3. The molecule has 0 bridgehead atoms. The first-order valence-electron chi connectivity index (χ1n) is 18.1. The first kappa shape index (κ1) is 32.1. The second-order valence-electron chi connectivity index (χ2n) is 18.8. The summed E-state index contributed by atoms with van der Waals surface area (Å²) in [5.74, 6) is 0. The van der Waals surface area contributed by atoms with Crippen molar-refractivity contribution in [2.24, 2.45) is 0 Å². The van der Waals surface area contributed by atoms with Crippen molar-refractivity contribution in [3.8, 4) is 0 Å². The summed E-state index contributed by atoms with van der Waals surface area (Å²) in [7, 11) is 0. The van der Waals surface area contributed by atoms with Gasteiger partial charge in [0.05, 0.1) is 51.9 Å². The molecule has 0 N–H and O–H groups in total. The summed E-state index contributed by atoms with van der Waals surface area (Å²) in [5.41, 5.74) is 13.6. The smallest absolute Gasteiger partial charge is 0.0736 e. The number of hydrogen-bond donors (Lipinski definition) is 0. The average molecular weight is 693 g/mol. The van der Waals surface area contributed by atoms with E-state index < -0.39 is 0 Å². The van der Waals surface area contributed by atoms with E-state index in [0.29, 0.717) is 0 Å². The third kappa shape index (κ3) is 4.43. The van der Waals surface area contributed by atoms with Gasteiger partial charge in [0.1, 0.15) is 0 Å². The third-order valence-corrected chi connectivity index (χ3v) is 13.4. The van der Waals surface area contributed by atoms with E-state index in [-0.39, 0.29) is 21.7 Å². The molecule has 0 amide bonds. The van der Waals surface area contributed by atoms with Gasteiger partial charge in [-0.2, -0.15) is 0 Å². The number of nitrogens with zero attached hydrogens (tertiary/aromatic N) is 2. The predicted molar refractivity (Wildman–Crippen MR) is 224 cm³/mol. The molecular formula is C46H48N2S2. The second kappa shape index (κ2) is 9.92. The highest BCUT2D eigenvalue weighted by Crippen LogP contribution is 2.51. The molecule has 2 nitrogen and oxygen atoms in total. The maximum Gasteiger partial charge on any atom is 0.0736 e. The summed E-state index contributed by atoms with van der Waals surface area (Å²) in [6, 6.07) is 29.0. The molecule has 4 heterocycles. The molecular weight excluding hydrogens is 645 g/mol. The van der Waals surface area contributed by atoms with Gasteiger partial charge >= 0.3 is 0 Å². The van der Waals surface area contributed by atoms with Gasteiger partial charge < -0.3 is 8.80 Å². The summed E-state index contributed by atoms with van der Waals surface area (Å²) in [6.07, 6.45) is 0. The van der Waals surface area contributed by atoms with Crippen LogP contribution in [0.2, 0.25) is 0 Å². The van der Waals surface area contributed by atoms with Crippen LogP contribution in [-0.2, 0) is 21.7 Å². The molecule has 0 aliphatic carbocycles. The minimum absolute atomic E-state index is 0.0439. The van der Waals surface area contributed by atoms with Crippen molar-refractivity contribution in [3.05, 3.63) is 95.1 Å². The zero-order chi connectivity index (χ0) is 35.4. The van der Waals surface area contributed by atoms with Crippen LogP contribution in [-0.4, -0.2) is 8.80 Å². The molecule has 0 radical (unpaired) electrons. The molecule has 4 heteroatoms. The largest absolute Gasteiger partial charge is 0.306 e. The topological polar surface area (TPSA) is 8.82 Å². The van der Waals surface area contributed by atoms with Gasteiger partial charge in [0, 0.05) is 21.5 Å². The second-order valence-corrected chi connectivity index (χ2v) is 20.9. The van der Waals surface area contributed by atoms with E-state index in [0.717, 1.165) is 0 Å². The molecule has 0 spiro atoms. The lowest BCUT2D eigenvalue weighted by atomic mass is 9.86. The molecule has 5 aromatic carbocycles. The Morgan fingerprint density at radius 1 is 0.380 bits per heavy atom. The third-order valence-electron chi connectivity index (χ3n) is 11.1. The van der Waals surface area contributed by atoms with Crippen LogP contribution in [0.1, 0.15) is 105 Å². The van der Waals surface area contributed by atoms with E-state index in [4.69, 9.17) is 0 Å². The van der Waals surface area contributed by atoms with Crippen molar-refractivity contribution in [2.45, 2.75) is 105 Å². The maximum absolute atomic E-state index is 2.64. The van der Waals surface area contributed by atoms with Crippen molar-refractivity contribution in [3.63, 3.8) is 0 Å². The maximum atomic E-state index is 2.64. The minimum Gasteiger partial charge on any atom is -0.306 e. The zero-order valence-corrected chi connectivity index (χ0v) is 33.3. The number of rotatable bonds is 0. The molecule has 254 valence electrons. The van der Waals surface area contributed by atoms with Gasteiger partial charge in [0.25, 0.3) is 0 Å². The Morgan fingerprint density at radius 2 is 0.680 bits per heavy atom. The fraction of sp³-hybridized carbons (Fsp3) is 0.348. The van der Waals surface area contributed by atoms with Gasteiger partial charge in [-0.3, -0.25) is 0 Å². The van der Waals surface area contributed by atoms with E-state index in [1.807, 2.05) is 22.7 Å². The fourth-order valence-corrected chi connectivity index (χ4v) is 10.5. The van der Waals surface area contributed by atoms with Crippen LogP contribution in [0.15, 0.2) is 72.8 Å². The monoisotopic (exact) mass is 692 g/mol. The lowest BCUT2D eigenvalue weighted by Crippen LogP contribution is -2.11. The Hall–Kier alpha value is -3.86. The lowest BCUT2D eigenvalue weighted by Gasteiger charge is -2.21. The molecule has 9 rings (SSSR count). The lowest BCUT2D eigenvalue weighted by molar-refractivity contribution is 0.590. The molecule has 0 atom stereocenters. The van der Waals surface area contributed by atoms with Crippen LogP contribution in [0.4, 0.5) is 0 Å². The predicted octanol–water partition coefficient (Wildman–Crippen LogP) is 14.4. The number of fused-ring (bicyclic) bond motifs is 12. The van der Waals surface area contributed by atoms with Crippen molar-refractivity contribution in [1.29, 1.82) is 0 Å². The summed E-state index contributed by atoms with van der Waals surface area (Å²) in [4.78, 5) is 0. The minimum atomic E-state index is 0.0439. The van der Waals surface area contributed by atoms with E-state index in [1.165, 1.54) is 95.7 Å². The van der Waals surface area contributed by atoms with E-state index in [9.17, 15) is 0 Å². The van der Waals surface area contributed by atoms with Gasteiger partial charge in [0.2, 0.25) is 0 Å². The molecule has 0 fully saturated rings. The normalized spacial score (nSPS) is 14.0. The van der Waals surface area contributed by atoms with Gasteiger partial charge in [-0.15, -0.1) is 22.7 Å². The Labute approximate surface area is 303 Å². The van der Waals surface area contributed by atoms with Crippen molar-refractivity contribution >= 4 is 96.1 Å². The Balaban J connectivity index is 1.62. The Bertz CT molecular complexity index is 2690. The Morgan fingerprint density at radius 3 is 1.00 bits per heavy atom. The zero-order valence-electron chi connectivity index (χ0n) is 31.6. The van der Waals surface area contributed by atoms with Gasteiger partial charge in [-0.1, -0.05) is 119 Å². The summed E-state index contributed by atoms with van der Waals surface area (Å²) in [6.45, 7) is 27.9. The quantitative estimate of drug-likeness (QED) is 0.140. The van der Waals surface area contributed by atoms with Crippen LogP contribution >= 0.6 is 22.7 Å². The average Bonchev–Trinajstić information content (AvgIpc) is 3.56. The summed E-state index contributed by atoms with van der Waals surface area (Å²) in [5, 5.41) is 5.46. The summed E-state index contributed by atoms with van der Waals surface area (Å²) < 4.78 is 10.7. The molecule has 0 unspecified atom stereocenters. The van der Waals surface area contributed by atoms with E-state index in [2.05, 4.69) is 165 Å². The number of benzene rings is 5. The van der Waals surface area contributed by atoms with Gasteiger partial charge in [-0.25, -0.2) is 0 Å². The number of aromatic nitrogens is 2. The standard InChI is InChI=1S/C46H48N2S2/c1-43(2,3)25-13-17-29-31(21-25)47-33-23-27(45(7,8)9)15-19-35(33)49-42-38-30-18-14-26(44(4,5)6)22-32(30)48-34-24-28(46(10,11)12)16-20-36(34)50-41(40(38)48)37(29)39(42)47/h13-24H,1-12H3. The molecule has 0 aliphatic heterocycles. The highest BCUT2D eigenvalue weighted by atomic mass is 32.1. The van der Waals surface area contributed by atoms with E-state index >= 15 is 0 Å². The molecule has 50 heavy (non-hydrogen) atoms. The van der Waals surface area contributed by atoms with Gasteiger partial charge in [0.15, 0.2) is 0 Å². The fourth-order valence-electron chi connectivity index (χ4n) is 8.04. The highest BCUT2D eigenvalue weighted by molar-refractivity contribution is 7.27.